The number of allylic oxidation sites excluding steroid dienone is 6. The van der Waals surface area contributed by atoms with Crippen LogP contribution in [0.4, 0.5) is 8.78 Å². The van der Waals surface area contributed by atoms with Gasteiger partial charge in [-0.15, -0.1) is 0 Å². The van der Waals surface area contributed by atoms with Crippen LogP contribution in [0, 0.1) is 59.0 Å². The third kappa shape index (κ3) is 20.5. The molecule has 3 aliphatic rings. The molecule has 3 heterocycles. The minimum atomic E-state index is -1.53. The van der Waals surface area contributed by atoms with Crippen molar-refractivity contribution in [3.05, 3.63) is 77.4 Å². The molecule has 0 aromatic heterocycles. The number of ether oxygens (including phenoxy) is 1. The molecule has 2 saturated heterocycles. The summed E-state index contributed by atoms with van der Waals surface area (Å²) < 4.78 is 34.9. The second-order valence-electron chi connectivity index (χ2n) is 23.1. The SMILES string of the molecule is CC.CCC1C[C@H](C)[C@@](O)(C(C)C(O)C(C)CCC(O)C(C)CC/C=C/C=C(\C)[C@@H]2C/C=C/C=C/CC(C)C(O)C(CCC(C)=O)C(=O)NC(C(C)C)C(=O)NC(Cc3cc(O)c(F)c(F)c3)C(=O)N3CCCC(N3)C(=O)O2)NC1=O. The first-order chi connectivity index (χ1) is 38.2. The molecule has 0 aliphatic carbocycles. The Morgan fingerprint density at radius 2 is 1.58 bits per heavy atom. The first kappa shape index (κ1) is 69.9. The van der Waals surface area contributed by atoms with Gasteiger partial charge in [-0.25, -0.2) is 9.82 Å². The zero-order valence-electron chi connectivity index (χ0n) is 50.1. The van der Waals surface area contributed by atoms with Crippen molar-refractivity contribution in [2.24, 2.45) is 47.3 Å². The van der Waals surface area contributed by atoms with E-state index in [9.17, 15) is 63.1 Å². The number of nitrogens with one attached hydrogen (secondary N) is 4. The molecule has 81 heavy (non-hydrogen) atoms. The molecule has 456 valence electrons. The highest BCUT2D eigenvalue weighted by atomic mass is 19.2. The number of ketones is 1. The van der Waals surface area contributed by atoms with Gasteiger partial charge in [0.25, 0.3) is 5.91 Å². The van der Waals surface area contributed by atoms with Gasteiger partial charge in [0.15, 0.2) is 17.4 Å². The fourth-order valence-electron chi connectivity index (χ4n) is 10.8. The molecule has 0 radical (unpaired) electrons. The number of phenolic OH excluding ortho intramolecular Hbond substituents is 1. The molecular formula is C62H97F2N5O12. The lowest BCUT2D eigenvalue weighted by Crippen LogP contribution is -2.65. The number of hydrogen-bond acceptors (Lipinski definition) is 13. The quantitative estimate of drug-likeness (QED) is 0.0475. The highest BCUT2D eigenvalue weighted by molar-refractivity contribution is 5.93. The van der Waals surface area contributed by atoms with Crippen molar-refractivity contribution in [2.45, 2.75) is 215 Å². The average Bonchev–Trinajstić information content (AvgIpc) is 3.43. The smallest absolute Gasteiger partial charge is 0.325 e. The topological polar surface area (TPSA) is 264 Å². The summed E-state index contributed by atoms with van der Waals surface area (Å²) in [6, 6.07) is -2.05. The number of rotatable bonds is 19. The van der Waals surface area contributed by atoms with Gasteiger partial charge in [0.2, 0.25) is 17.7 Å². The summed E-state index contributed by atoms with van der Waals surface area (Å²) in [6.45, 7) is 21.8. The maximum atomic E-state index is 14.6. The maximum absolute atomic E-state index is 14.6. The van der Waals surface area contributed by atoms with E-state index < -0.39 is 119 Å². The Balaban J connectivity index is 0.00000851. The molecule has 12 unspecified atom stereocenters. The Bertz CT molecular complexity index is 2340. The summed E-state index contributed by atoms with van der Waals surface area (Å²) in [5.74, 6) is -10.7. The van der Waals surface area contributed by atoms with Gasteiger partial charge in [-0.3, -0.25) is 29.0 Å². The molecule has 19 heteroatoms. The van der Waals surface area contributed by atoms with Gasteiger partial charge in [-0.1, -0.05) is 112 Å². The Labute approximate surface area is 479 Å². The molecule has 3 aliphatic heterocycles. The van der Waals surface area contributed by atoms with Crippen LogP contribution in [0.3, 0.4) is 0 Å². The fraction of sp³-hybridized carbons (Fsp3) is 0.677. The van der Waals surface area contributed by atoms with Crippen LogP contribution in [0.2, 0.25) is 0 Å². The number of carbonyl (C=O) groups is 6. The van der Waals surface area contributed by atoms with Crippen LogP contribution in [0.25, 0.3) is 0 Å². The van der Waals surface area contributed by atoms with E-state index in [1.807, 2.05) is 78.8 Å². The second-order valence-corrected chi connectivity index (χ2v) is 23.1. The van der Waals surface area contributed by atoms with E-state index >= 15 is 0 Å². The molecular weight excluding hydrogens is 1040 g/mol. The van der Waals surface area contributed by atoms with Crippen LogP contribution in [-0.2, 0) is 39.9 Å². The van der Waals surface area contributed by atoms with Crippen molar-refractivity contribution >= 4 is 35.4 Å². The van der Waals surface area contributed by atoms with E-state index in [0.717, 1.165) is 17.1 Å². The molecule has 2 fully saturated rings. The lowest BCUT2D eigenvalue weighted by atomic mass is 9.72. The van der Waals surface area contributed by atoms with E-state index in [1.165, 1.54) is 6.92 Å². The molecule has 1 aromatic rings. The van der Waals surface area contributed by atoms with Crippen molar-refractivity contribution in [1.29, 1.82) is 0 Å². The van der Waals surface area contributed by atoms with E-state index in [4.69, 9.17) is 4.74 Å². The standard InChI is InChI=1S/C60H91F2N5O12.C2H6/c1-11-43-30-39(8)60(78,65-55(43)73)41(10)53(71)38(7)25-28-48(69)35(4)20-16-14-17-21-36(5)50-24-18-13-12-15-22-37(6)54(72)44(27-26-40(9)68)56(74)64-52(34(2)3)57(75)63-47(32-42-31-45(61)51(62)49(70)33-42)58(76)67-29-19-23-46(66-67)59(77)79-50;1-2/h12-15,17-18,21,31,33-35,37-39,41,43-44,46-48,50,52-54,66,69-72,78H,11,16,19-20,22-30,32H2,1-10H3,(H,63,75)(H,64,74)(H,65,73);1-2H3/b15-12+,17-14+,18-13+,36-21+;/t35?,37?,38?,39-,41?,43?,44?,46?,47?,48?,50-,52?,53?,54?,60+;/m0./s1. The second kappa shape index (κ2) is 33.7. The van der Waals surface area contributed by atoms with Crippen LogP contribution < -0.4 is 21.4 Å². The van der Waals surface area contributed by atoms with Gasteiger partial charge < -0.3 is 51.0 Å². The van der Waals surface area contributed by atoms with Crippen molar-refractivity contribution in [3.8, 4) is 5.75 Å². The normalized spacial score (nSPS) is 29.5. The number of esters is 1. The van der Waals surface area contributed by atoms with Gasteiger partial charge >= 0.3 is 5.97 Å². The van der Waals surface area contributed by atoms with Gasteiger partial charge in [0, 0.05) is 43.6 Å². The van der Waals surface area contributed by atoms with Gasteiger partial charge in [0.05, 0.1) is 24.2 Å². The van der Waals surface area contributed by atoms with E-state index in [-0.39, 0.29) is 73.2 Å². The third-order valence-corrected chi connectivity index (χ3v) is 16.5. The molecule has 9 N–H and O–H groups in total. The van der Waals surface area contributed by atoms with Crippen LogP contribution in [0.1, 0.15) is 166 Å². The minimum absolute atomic E-state index is 0.000890. The summed E-state index contributed by atoms with van der Waals surface area (Å²) in [7, 11) is 0. The van der Waals surface area contributed by atoms with E-state index in [2.05, 4.69) is 21.4 Å². The summed E-state index contributed by atoms with van der Waals surface area (Å²) in [4.78, 5) is 81.5. The number of fused-ring (bicyclic) bond motifs is 2. The molecule has 0 saturated carbocycles. The summed E-state index contributed by atoms with van der Waals surface area (Å²) >= 11 is 0. The van der Waals surface area contributed by atoms with Crippen LogP contribution in [-0.4, -0.2) is 121 Å². The number of hydrazine groups is 1. The molecule has 4 rings (SSSR count). The number of piperidine rings is 1. The number of carbonyl (C=O) groups excluding carboxylic acids is 6. The first-order valence-electron chi connectivity index (χ1n) is 29.5. The third-order valence-electron chi connectivity index (χ3n) is 16.5. The predicted molar refractivity (Wildman–Crippen MR) is 307 cm³/mol. The fourth-order valence-corrected chi connectivity index (χ4v) is 10.8. The maximum Gasteiger partial charge on any atom is 0.325 e. The summed E-state index contributed by atoms with van der Waals surface area (Å²) in [6.07, 6.45) is 13.5. The number of cyclic esters (lactones) is 1. The number of halogens is 2. The Morgan fingerprint density at radius 3 is 2.21 bits per heavy atom. The monoisotopic (exact) mass is 1140 g/mol. The number of hydrogen-bond donors (Lipinski definition) is 9. The highest BCUT2D eigenvalue weighted by Gasteiger charge is 2.49. The molecule has 0 spiro atoms. The number of amides is 4. The molecule has 17 nitrogen and oxygen atoms in total. The number of aliphatic hydroxyl groups is 4. The van der Waals surface area contributed by atoms with Crippen LogP contribution in [0.15, 0.2) is 60.2 Å². The van der Waals surface area contributed by atoms with Crippen molar-refractivity contribution in [1.82, 2.24) is 26.4 Å². The molecule has 2 bridgehead atoms. The predicted octanol–water partition coefficient (Wildman–Crippen LogP) is 7.72. The Morgan fingerprint density at radius 1 is 0.914 bits per heavy atom. The Kier molecular flexibility index (Phi) is 29.1. The number of nitrogens with zero attached hydrogens (tertiary/aromatic N) is 1. The van der Waals surface area contributed by atoms with E-state index in [0.29, 0.717) is 56.9 Å². The minimum Gasteiger partial charge on any atom is -0.505 e. The number of aromatic hydroxyl groups is 1. The zero-order valence-corrected chi connectivity index (χ0v) is 50.1. The molecule has 1 aromatic carbocycles. The van der Waals surface area contributed by atoms with Crippen molar-refractivity contribution in [3.63, 3.8) is 0 Å². The average molecular weight is 1140 g/mol. The first-order valence-corrected chi connectivity index (χ1v) is 29.5. The van der Waals surface area contributed by atoms with Gasteiger partial charge in [-0.05, 0) is 125 Å². The van der Waals surface area contributed by atoms with Crippen LogP contribution in [0.5, 0.6) is 5.75 Å². The Hall–Kier alpha value is -5.34. The lowest BCUT2D eigenvalue weighted by Gasteiger charge is -2.47. The number of aliphatic hydroxyl groups excluding tert-OH is 3. The van der Waals surface area contributed by atoms with Gasteiger partial charge in [0.1, 0.15) is 35.7 Å². The van der Waals surface area contributed by atoms with E-state index in [1.54, 1.807) is 39.8 Å². The molecule has 4 amide bonds. The summed E-state index contributed by atoms with van der Waals surface area (Å²) in [5.41, 5.74) is 2.08. The zero-order chi connectivity index (χ0) is 60.9. The largest absolute Gasteiger partial charge is 0.505 e. The summed E-state index contributed by atoms with van der Waals surface area (Å²) in [5, 5.41) is 65.0. The van der Waals surface area contributed by atoms with Crippen molar-refractivity contribution < 1.29 is 67.8 Å². The number of phenols is 1. The van der Waals surface area contributed by atoms with Crippen LogP contribution >= 0.6 is 0 Å². The van der Waals surface area contributed by atoms with Gasteiger partial charge in [-0.2, -0.15) is 4.39 Å². The number of Topliss-reactive ketones (excluding diaryl/α,β-unsaturated/α-hetero) is 1. The van der Waals surface area contributed by atoms with Crippen molar-refractivity contribution in [2.75, 3.05) is 6.54 Å². The molecule has 15 atom stereocenters. The highest BCUT2D eigenvalue weighted by Crippen LogP contribution is 2.38. The lowest BCUT2D eigenvalue weighted by molar-refractivity contribution is -0.170. The number of benzene rings is 1.